The van der Waals surface area contributed by atoms with Gasteiger partial charge in [-0.15, -0.1) is 0 Å². The van der Waals surface area contributed by atoms with Crippen LogP contribution in [0.5, 0.6) is 0 Å². The maximum Gasteiger partial charge on any atom is 0.175 e. The van der Waals surface area contributed by atoms with Crippen LogP contribution in [-0.2, 0) is 6.42 Å². The number of benzene rings is 1. The summed E-state index contributed by atoms with van der Waals surface area (Å²) in [4.78, 5) is 0. The molecule has 1 N–H and O–H groups in total. The lowest BCUT2D eigenvalue weighted by Gasteiger charge is -2.22. The van der Waals surface area contributed by atoms with Gasteiger partial charge in [-0.1, -0.05) is 0 Å². The first-order valence-corrected chi connectivity index (χ1v) is 6.41. The normalized spacial score (nSPS) is 17.4. The van der Waals surface area contributed by atoms with Crippen molar-refractivity contribution < 1.29 is 13.2 Å². The van der Waals surface area contributed by atoms with E-state index in [0.717, 1.165) is 32.0 Å². The zero-order valence-corrected chi connectivity index (χ0v) is 10.8. The SMILES string of the molecule is Fc1cc(CC2CCNCC2)c(F)c(Br)c1F. The van der Waals surface area contributed by atoms with Crippen LogP contribution in [0.2, 0.25) is 0 Å². The van der Waals surface area contributed by atoms with E-state index in [-0.39, 0.29) is 5.56 Å². The van der Waals surface area contributed by atoms with Crippen LogP contribution < -0.4 is 5.32 Å². The van der Waals surface area contributed by atoms with E-state index in [1.165, 1.54) is 0 Å². The molecule has 0 aromatic heterocycles. The lowest BCUT2D eigenvalue weighted by atomic mass is 9.91. The van der Waals surface area contributed by atoms with Gasteiger partial charge >= 0.3 is 0 Å². The van der Waals surface area contributed by atoms with Crippen LogP contribution in [0.15, 0.2) is 10.5 Å². The van der Waals surface area contributed by atoms with Crippen molar-refractivity contribution in [2.24, 2.45) is 5.92 Å². The Labute approximate surface area is 107 Å². The van der Waals surface area contributed by atoms with Gasteiger partial charge in [0.15, 0.2) is 11.6 Å². The first kappa shape index (κ1) is 12.9. The molecular weight excluding hydrogens is 295 g/mol. The Balaban J connectivity index is 2.20. The minimum atomic E-state index is -1.16. The van der Waals surface area contributed by atoms with Crippen molar-refractivity contribution in [2.75, 3.05) is 13.1 Å². The third-order valence-electron chi connectivity index (χ3n) is 3.15. The number of halogens is 4. The molecule has 0 atom stereocenters. The zero-order valence-electron chi connectivity index (χ0n) is 9.20. The highest BCUT2D eigenvalue weighted by atomic mass is 79.9. The van der Waals surface area contributed by atoms with Crippen LogP contribution in [0, 0.1) is 23.4 Å². The average Bonchev–Trinajstić information content (AvgIpc) is 2.35. The first-order chi connectivity index (χ1) is 8.09. The van der Waals surface area contributed by atoms with Gasteiger partial charge in [0.1, 0.15) is 5.82 Å². The summed E-state index contributed by atoms with van der Waals surface area (Å²) in [6.07, 6.45) is 2.34. The molecule has 0 unspecified atom stereocenters. The Morgan fingerprint density at radius 3 is 2.47 bits per heavy atom. The van der Waals surface area contributed by atoms with Crippen LogP contribution >= 0.6 is 15.9 Å². The predicted octanol–water partition coefficient (Wildman–Crippen LogP) is 3.41. The lowest BCUT2D eigenvalue weighted by Crippen LogP contribution is -2.28. The molecule has 0 bridgehead atoms. The van der Waals surface area contributed by atoms with E-state index in [4.69, 9.17) is 0 Å². The van der Waals surface area contributed by atoms with Crippen molar-refractivity contribution >= 4 is 15.9 Å². The molecule has 0 aliphatic carbocycles. The van der Waals surface area contributed by atoms with Gasteiger partial charge in [-0.3, -0.25) is 0 Å². The third kappa shape index (κ3) is 2.83. The van der Waals surface area contributed by atoms with Gasteiger partial charge in [-0.25, -0.2) is 13.2 Å². The summed E-state index contributed by atoms with van der Waals surface area (Å²) in [6.45, 7) is 1.80. The predicted molar refractivity (Wildman–Crippen MR) is 63.3 cm³/mol. The van der Waals surface area contributed by atoms with Crippen molar-refractivity contribution in [2.45, 2.75) is 19.3 Å². The second kappa shape index (κ2) is 5.40. The van der Waals surface area contributed by atoms with Crippen molar-refractivity contribution in [3.63, 3.8) is 0 Å². The molecule has 0 amide bonds. The fourth-order valence-corrected chi connectivity index (χ4v) is 2.61. The second-order valence-electron chi connectivity index (χ2n) is 4.36. The summed E-state index contributed by atoms with van der Waals surface area (Å²) < 4.78 is 39.6. The van der Waals surface area contributed by atoms with Crippen molar-refractivity contribution in [3.8, 4) is 0 Å². The van der Waals surface area contributed by atoms with E-state index < -0.39 is 21.9 Å². The molecule has 2 rings (SSSR count). The molecule has 1 aromatic rings. The van der Waals surface area contributed by atoms with Gasteiger partial charge in [0, 0.05) is 0 Å². The first-order valence-electron chi connectivity index (χ1n) is 5.62. The van der Waals surface area contributed by atoms with Gasteiger partial charge in [-0.2, -0.15) is 0 Å². The second-order valence-corrected chi connectivity index (χ2v) is 5.15. The monoisotopic (exact) mass is 307 g/mol. The molecule has 0 radical (unpaired) electrons. The molecule has 1 heterocycles. The van der Waals surface area contributed by atoms with Gasteiger partial charge < -0.3 is 5.32 Å². The maximum atomic E-state index is 13.7. The maximum absolute atomic E-state index is 13.7. The van der Waals surface area contributed by atoms with E-state index >= 15 is 0 Å². The molecule has 0 spiro atoms. The quantitative estimate of drug-likeness (QED) is 0.652. The van der Waals surface area contributed by atoms with Crippen LogP contribution in [0.1, 0.15) is 18.4 Å². The molecule has 17 heavy (non-hydrogen) atoms. The number of hydrogen-bond acceptors (Lipinski definition) is 1. The minimum absolute atomic E-state index is 0.252. The summed E-state index contributed by atoms with van der Waals surface area (Å²) in [6, 6.07) is 0.970. The molecule has 1 aliphatic heterocycles. The summed E-state index contributed by atoms with van der Waals surface area (Å²) in [5.41, 5.74) is 0.252. The largest absolute Gasteiger partial charge is 0.317 e. The summed E-state index contributed by atoms with van der Waals surface area (Å²) >= 11 is 2.74. The van der Waals surface area contributed by atoms with E-state index in [0.29, 0.717) is 12.3 Å². The Morgan fingerprint density at radius 1 is 1.18 bits per heavy atom. The highest BCUT2D eigenvalue weighted by Gasteiger charge is 2.20. The highest BCUT2D eigenvalue weighted by molar-refractivity contribution is 9.10. The fourth-order valence-electron chi connectivity index (χ4n) is 2.17. The number of rotatable bonds is 2. The van der Waals surface area contributed by atoms with Gasteiger partial charge in [0.25, 0.3) is 0 Å². The fraction of sp³-hybridized carbons (Fsp3) is 0.500. The van der Waals surface area contributed by atoms with Gasteiger partial charge in [0.05, 0.1) is 4.47 Å². The molecule has 1 aliphatic rings. The van der Waals surface area contributed by atoms with Crippen LogP contribution in [-0.4, -0.2) is 13.1 Å². The minimum Gasteiger partial charge on any atom is -0.317 e. The van der Waals surface area contributed by atoms with Gasteiger partial charge in [-0.05, 0) is 65.8 Å². The van der Waals surface area contributed by atoms with Crippen LogP contribution in [0.4, 0.5) is 13.2 Å². The molecule has 1 nitrogen and oxygen atoms in total. The van der Waals surface area contributed by atoms with E-state index in [1.807, 2.05) is 0 Å². The Morgan fingerprint density at radius 2 is 1.82 bits per heavy atom. The summed E-state index contributed by atoms with van der Waals surface area (Å²) in [7, 11) is 0. The van der Waals surface area contributed by atoms with E-state index in [2.05, 4.69) is 21.2 Å². The lowest BCUT2D eigenvalue weighted by molar-refractivity contribution is 0.366. The number of hydrogen-bond donors (Lipinski definition) is 1. The third-order valence-corrected chi connectivity index (χ3v) is 3.84. The van der Waals surface area contributed by atoms with Crippen LogP contribution in [0.25, 0.3) is 0 Å². The molecule has 1 saturated heterocycles. The molecule has 5 heteroatoms. The number of piperidine rings is 1. The summed E-state index contributed by atoms with van der Waals surface area (Å²) in [5, 5.41) is 3.21. The Hall–Kier alpha value is -0.550. The van der Waals surface area contributed by atoms with E-state index in [1.54, 1.807) is 0 Å². The van der Waals surface area contributed by atoms with Crippen molar-refractivity contribution in [3.05, 3.63) is 33.6 Å². The zero-order chi connectivity index (χ0) is 12.4. The Kier molecular flexibility index (Phi) is 4.09. The molecule has 0 saturated carbocycles. The smallest absolute Gasteiger partial charge is 0.175 e. The molecule has 1 aromatic carbocycles. The molecular formula is C12H13BrF3N. The Bertz CT molecular complexity index is 417. The standard InChI is InChI=1S/C12H13BrF3N/c13-10-11(15)8(6-9(14)12(10)16)5-7-1-3-17-4-2-7/h6-7,17H,1-5H2. The highest BCUT2D eigenvalue weighted by Crippen LogP contribution is 2.28. The van der Waals surface area contributed by atoms with Crippen molar-refractivity contribution in [1.82, 2.24) is 5.32 Å². The topological polar surface area (TPSA) is 12.0 Å². The van der Waals surface area contributed by atoms with E-state index in [9.17, 15) is 13.2 Å². The molecule has 94 valence electrons. The molecule has 1 fully saturated rings. The van der Waals surface area contributed by atoms with Crippen LogP contribution in [0.3, 0.4) is 0 Å². The summed E-state index contributed by atoms with van der Waals surface area (Å²) in [5.74, 6) is -2.50. The number of nitrogens with one attached hydrogen (secondary N) is 1. The average molecular weight is 308 g/mol. The van der Waals surface area contributed by atoms with Gasteiger partial charge in [0.2, 0.25) is 0 Å². The van der Waals surface area contributed by atoms with Crippen molar-refractivity contribution in [1.29, 1.82) is 0 Å².